The number of aromatic amines is 1. The van der Waals surface area contributed by atoms with E-state index in [1.807, 2.05) is 12.1 Å². The summed E-state index contributed by atoms with van der Waals surface area (Å²) in [5, 5.41) is 1.87. The molecule has 2 aromatic rings. The van der Waals surface area contributed by atoms with Crippen molar-refractivity contribution in [1.82, 2.24) is 0 Å². The highest BCUT2D eigenvalue weighted by atomic mass is 35.5. The van der Waals surface area contributed by atoms with Gasteiger partial charge in [0, 0.05) is 17.5 Å². The zero-order chi connectivity index (χ0) is 16.4. The summed E-state index contributed by atoms with van der Waals surface area (Å²) in [5.41, 5.74) is 3.82. The molecule has 2 N–H and O–H groups in total. The topological polar surface area (TPSA) is 27.8 Å². The molecule has 0 saturated heterocycles. The van der Waals surface area contributed by atoms with E-state index in [4.69, 9.17) is 16.3 Å². The van der Waals surface area contributed by atoms with E-state index in [0.29, 0.717) is 0 Å². The lowest BCUT2D eigenvalue weighted by Crippen LogP contribution is -3.07. The number of halogens is 3. The van der Waals surface area contributed by atoms with Crippen molar-refractivity contribution < 1.29 is 39.4 Å². The van der Waals surface area contributed by atoms with E-state index < -0.39 is 0 Å². The van der Waals surface area contributed by atoms with Gasteiger partial charge in [-0.15, -0.1) is 0 Å². The summed E-state index contributed by atoms with van der Waals surface area (Å²) < 4.78 is 6.45. The Hall–Kier alpha value is -0.740. The Morgan fingerprint density at radius 1 is 1.16 bits per heavy atom. The number of nitrogens with one attached hydrogen (secondary N) is 2. The molecule has 0 spiro atoms. The van der Waals surface area contributed by atoms with Crippen molar-refractivity contribution in [3.8, 4) is 5.75 Å². The number of pyridine rings is 1. The first kappa shape index (κ1) is 22.3. The van der Waals surface area contributed by atoms with Crippen molar-refractivity contribution in [2.24, 2.45) is 0 Å². The van der Waals surface area contributed by atoms with Crippen molar-refractivity contribution in [3.05, 3.63) is 34.5 Å². The second-order valence-corrected chi connectivity index (χ2v) is 7.44. The molecule has 25 heavy (non-hydrogen) atoms. The van der Waals surface area contributed by atoms with Gasteiger partial charge in [-0.3, -0.25) is 0 Å². The zero-order valence-electron chi connectivity index (χ0n) is 15.1. The van der Waals surface area contributed by atoms with Crippen LogP contribution in [-0.4, -0.2) is 26.7 Å². The van der Waals surface area contributed by atoms with Gasteiger partial charge in [-0.25, -0.2) is 4.98 Å². The molecule has 6 heteroatoms. The number of quaternary nitrogens is 1. The fourth-order valence-corrected chi connectivity index (χ4v) is 3.73. The summed E-state index contributed by atoms with van der Waals surface area (Å²) in [6.45, 7) is 3.14. The van der Waals surface area contributed by atoms with Gasteiger partial charge >= 0.3 is 0 Å². The van der Waals surface area contributed by atoms with E-state index in [-0.39, 0.29) is 30.9 Å². The average Bonchev–Trinajstić information content (AvgIpc) is 2.72. The van der Waals surface area contributed by atoms with Crippen LogP contribution in [0.15, 0.2) is 18.2 Å². The van der Waals surface area contributed by atoms with Gasteiger partial charge in [-0.05, 0) is 38.3 Å². The smallest absolute Gasteiger partial charge is 0.214 e. The van der Waals surface area contributed by atoms with E-state index in [2.05, 4.69) is 32.1 Å². The summed E-state index contributed by atoms with van der Waals surface area (Å²) >= 11 is 6.25. The van der Waals surface area contributed by atoms with E-state index >= 15 is 0 Å². The van der Waals surface area contributed by atoms with Gasteiger partial charge < -0.3 is 34.5 Å². The Morgan fingerprint density at radius 3 is 2.60 bits per heavy atom. The number of rotatable bonds is 4. The molecule has 1 heterocycles. The molecule has 0 aliphatic heterocycles. The van der Waals surface area contributed by atoms with Gasteiger partial charge in [-0.2, -0.15) is 0 Å². The summed E-state index contributed by atoms with van der Waals surface area (Å²) in [5.74, 6) is 1.05. The normalized spacial score (nSPS) is 14.9. The molecule has 3 nitrogen and oxygen atoms in total. The molecular weight excluding hydrogens is 379 g/mol. The second-order valence-electron chi connectivity index (χ2n) is 7.00. The SMILES string of the molecule is CC(C[NH+](C)C)Oc1c2c([nH+]c3ccc(Cl)cc13)CCCCC2.[Cl-].[Cl-]. The number of H-pyrrole nitrogens is 1. The second kappa shape index (κ2) is 9.82. The first-order valence-electron chi connectivity index (χ1n) is 8.66. The van der Waals surface area contributed by atoms with Gasteiger partial charge in [0.15, 0.2) is 5.69 Å². The highest BCUT2D eigenvalue weighted by Crippen LogP contribution is 2.34. The van der Waals surface area contributed by atoms with Crippen LogP contribution in [0.4, 0.5) is 0 Å². The van der Waals surface area contributed by atoms with Gasteiger partial charge in [0.25, 0.3) is 0 Å². The number of aromatic nitrogens is 1. The van der Waals surface area contributed by atoms with Crippen LogP contribution < -0.4 is 39.4 Å². The van der Waals surface area contributed by atoms with Crippen molar-refractivity contribution in [2.75, 3.05) is 20.6 Å². The van der Waals surface area contributed by atoms with Gasteiger partial charge in [0.05, 0.1) is 25.0 Å². The molecule has 1 aliphatic carbocycles. The Kier molecular flexibility index (Phi) is 8.76. The molecule has 1 unspecified atom stereocenters. The number of benzene rings is 1. The summed E-state index contributed by atoms with van der Waals surface area (Å²) in [6.07, 6.45) is 6.15. The summed E-state index contributed by atoms with van der Waals surface area (Å²) in [6, 6.07) is 6.04. The first-order valence-corrected chi connectivity index (χ1v) is 9.04. The third kappa shape index (κ3) is 5.37. The van der Waals surface area contributed by atoms with Gasteiger partial charge in [0.1, 0.15) is 18.4 Å². The Bertz CT molecular complexity index is 707. The largest absolute Gasteiger partial charge is 1.00 e. The molecule has 0 saturated carbocycles. The molecule has 1 aliphatic rings. The number of likely N-dealkylation sites (N-methyl/N-ethyl adjacent to an activating group) is 1. The minimum Gasteiger partial charge on any atom is -1.00 e. The van der Waals surface area contributed by atoms with Crippen LogP contribution in [-0.2, 0) is 12.8 Å². The number of hydrogen-bond acceptors (Lipinski definition) is 1. The lowest BCUT2D eigenvalue weighted by molar-refractivity contribution is -0.861. The Balaban J connectivity index is 0.00000156. The maximum Gasteiger partial charge on any atom is 0.214 e. The van der Waals surface area contributed by atoms with E-state index in [1.54, 1.807) is 0 Å². The molecule has 1 aromatic carbocycles. The van der Waals surface area contributed by atoms with E-state index in [9.17, 15) is 0 Å². The maximum atomic E-state index is 6.45. The predicted octanol–water partition coefficient (Wildman–Crippen LogP) is -3.50. The molecule has 0 amide bonds. The van der Waals surface area contributed by atoms with Crippen molar-refractivity contribution in [3.63, 3.8) is 0 Å². The molecule has 0 radical (unpaired) electrons. The fraction of sp³-hybridized carbons (Fsp3) is 0.526. The first-order chi connectivity index (χ1) is 11.0. The molecular formula is C19H27Cl3N2O. The number of aryl methyl sites for hydroxylation is 1. The predicted molar refractivity (Wildman–Crippen MR) is 94.5 cm³/mol. The maximum absolute atomic E-state index is 6.45. The van der Waals surface area contributed by atoms with Gasteiger partial charge in [0.2, 0.25) is 5.52 Å². The Labute approximate surface area is 167 Å². The molecule has 3 rings (SSSR count). The van der Waals surface area contributed by atoms with Crippen LogP contribution in [0.2, 0.25) is 5.02 Å². The van der Waals surface area contributed by atoms with Gasteiger partial charge in [-0.1, -0.05) is 18.0 Å². The molecule has 1 aromatic heterocycles. The number of hydrogen-bond donors (Lipinski definition) is 1. The lowest BCUT2D eigenvalue weighted by atomic mass is 10.0. The van der Waals surface area contributed by atoms with Crippen LogP contribution in [0.1, 0.15) is 37.4 Å². The molecule has 1 atom stereocenters. The standard InChI is InChI=1S/C19H25ClN2O.2ClH/c1-13(12-22(2)3)23-19-15-7-5-4-6-8-17(15)21-18-10-9-14(20)11-16(18)19;;/h9-11,13H,4-8,12H2,1-3H3;2*1H. The zero-order valence-corrected chi connectivity index (χ0v) is 17.4. The van der Waals surface area contributed by atoms with Crippen LogP contribution >= 0.6 is 11.6 Å². The van der Waals surface area contributed by atoms with E-state index in [1.165, 1.54) is 35.4 Å². The van der Waals surface area contributed by atoms with Crippen LogP contribution in [0.3, 0.4) is 0 Å². The van der Waals surface area contributed by atoms with Crippen molar-refractivity contribution >= 4 is 22.5 Å². The molecule has 0 fully saturated rings. The monoisotopic (exact) mass is 404 g/mol. The highest BCUT2D eigenvalue weighted by molar-refractivity contribution is 6.31. The quantitative estimate of drug-likeness (QED) is 0.525. The van der Waals surface area contributed by atoms with Crippen LogP contribution in [0.25, 0.3) is 10.9 Å². The highest BCUT2D eigenvalue weighted by Gasteiger charge is 2.24. The minimum atomic E-state index is 0. The molecule has 140 valence electrons. The summed E-state index contributed by atoms with van der Waals surface area (Å²) in [7, 11) is 4.32. The fourth-order valence-electron chi connectivity index (χ4n) is 3.56. The van der Waals surface area contributed by atoms with Crippen LogP contribution in [0, 0.1) is 0 Å². The minimum absolute atomic E-state index is 0. The van der Waals surface area contributed by atoms with Crippen molar-refractivity contribution in [1.29, 1.82) is 0 Å². The number of ether oxygens (including phenoxy) is 1. The van der Waals surface area contributed by atoms with Crippen molar-refractivity contribution in [2.45, 2.75) is 45.1 Å². The third-order valence-electron chi connectivity index (χ3n) is 4.52. The molecule has 0 bridgehead atoms. The average molecular weight is 406 g/mol. The number of fused-ring (bicyclic) bond motifs is 2. The van der Waals surface area contributed by atoms with Crippen LogP contribution in [0.5, 0.6) is 5.75 Å². The summed E-state index contributed by atoms with van der Waals surface area (Å²) in [4.78, 5) is 5.02. The van der Waals surface area contributed by atoms with E-state index in [0.717, 1.165) is 41.1 Å². The Morgan fingerprint density at radius 2 is 1.88 bits per heavy atom. The lowest BCUT2D eigenvalue weighted by Gasteiger charge is -2.20. The third-order valence-corrected chi connectivity index (χ3v) is 4.75.